The van der Waals surface area contributed by atoms with E-state index in [0.29, 0.717) is 10.6 Å². The smallest absolute Gasteiger partial charge is 0.303 e. The predicted octanol–water partition coefficient (Wildman–Crippen LogP) is 2.22. The summed E-state index contributed by atoms with van der Waals surface area (Å²) in [6.07, 6.45) is -0.871. The molecule has 1 atom stereocenters. The molecule has 0 bridgehead atoms. The van der Waals surface area contributed by atoms with Gasteiger partial charge >= 0.3 is 5.97 Å². The van der Waals surface area contributed by atoms with Crippen molar-refractivity contribution in [1.82, 2.24) is 0 Å². The molecular weight excluding hydrogens is 234 g/mol. The van der Waals surface area contributed by atoms with Crippen molar-refractivity contribution in [3.63, 3.8) is 0 Å². The SMILES string of the molecule is CC(=O)O[C@H](C[N+](=O)[O-])c1ccc(Cl)cc1. The first kappa shape index (κ1) is 12.4. The summed E-state index contributed by atoms with van der Waals surface area (Å²) in [5, 5.41) is 10.9. The Kier molecular flexibility index (Phi) is 4.25. The third kappa shape index (κ3) is 3.86. The van der Waals surface area contributed by atoms with Crippen molar-refractivity contribution in [3.8, 4) is 0 Å². The number of benzene rings is 1. The standard InChI is InChI=1S/C10H10ClNO4/c1-7(13)16-10(6-12(14)15)8-2-4-9(11)5-3-8/h2-5,10H,6H2,1H3/t10-/m1/s1. The van der Waals surface area contributed by atoms with Gasteiger partial charge in [-0.15, -0.1) is 0 Å². The van der Waals surface area contributed by atoms with Crippen molar-refractivity contribution < 1.29 is 14.5 Å². The second kappa shape index (κ2) is 5.46. The Bertz CT molecular complexity index is 374. The van der Waals surface area contributed by atoms with Crippen LogP contribution in [0.15, 0.2) is 24.3 Å². The number of hydrogen-bond acceptors (Lipinski definition) is 4. The summed E-state index contributed by atoms with van der Waals surface area (Å²) in [5.41, 5.74) is 0.552. The van der Waals surface area contributed by atoms with E-state index >= 15 is 0 Å². The molecule has 0 aromatic heterocycles. The van der Waals surface area contributed by atoms with Gasteiger partial charge in [0.15, 0.2) is 6.10 Å². The largest absolute Gasteiger partial charge is 0.451 e. The van der Waals surface area contributed by atoms with Crippen molar-refractivity contribution >= 4 is 17.6 Å². The van der Waals surface area contributed by atoms with Gasteiger partial charge < -0.3 is 4.74 Å². The van der Waals surface area contributed by atoms with E-state index in [4.69, 9.17) is 16.3 Å². The number of esters is 1. The second-order valence-electron chi connectivity index (χ2n) is 3.16. The molecular formula is C10H10ClNO4. The Hall–Kier alpha value is -1.62. The quantitative estimate of drug-likeness (QED) is 0.462. The molecule has 0 spiro atoms. The van der Waals surface area contributed by atoms with Gasteiger partial charge in [0.2, 0.25) is 6.54 Å². The van der Waals surface area contributed by atoms with Crippen LogP contribution in [-0.4, -0.2) is 17.4 Å². The number of hydrogen-bond donors (Lipinski definition) is 0. The molecule has 0 aliphatic carbocycles. The van der Waals surface area contributed by atoms with Crippen LogP contribution in [0.3, 0.4) is 0 Å². The zero-order chi connectivity index (χ0) is 12.1. The van der Waals surface area contributed by atoms with Crippen LogP contribution >= 0.6 is 11.6 Å². The van der Waals surface area contributed by atoms with Gasteiger partial charge in [0.05, 0.1) is 0 Å². The molecule has 0 fully saturated rings. The van der Waals surface area contributed by atoms with E-state index in [1.807, 2.05) is 0 Å². The molecule has 5 nitrogen and oxygen atoms in total. The number of nitrogens with zero attached hydrogens (tertiary/aromatic N) is 1. The molecule has 16 heavy (non-hydrogen) atoms. The maximum atomic E-state index is 10.8. The minimum atomic E-state index is -0.871. The summed E-state index contributed by atoms with van der Waals surface area (Å²) < 4.78 is 4.86. The third-order valence-electron chi connectivity index (χ3n) is 1.86. The van der Waals surface area contributed by atoms with Crippen LogP contribution in [0.1, 0.15) is 18.6 Å². The highest BCUT2D eigenvalue weighted by Crippen LogP contribution is 2.20. The van der Waals surface area contributed by atoms with Crippen molar-refractivity contribution in [2.75, 3.05) is 6.54 Å². The molecule has 6 heteroatoms. The Balaban J connectivity index is 2.86. The van der Waals surface area contributed by atoms with Crippen LogP contribution in [-0.2, 0) is 9.53 Å². The van der Waals surface area contributed by atoms with Crippen molar-refractivity contribution in [1.29, 1.82) is 0 Å². The first-order chi connectivity index (χ1) is 7.49. The van der Waals surface area contributed by atoms with Crippen molar-refractivity contribution in [2.24, 2.45) is 0 Å². The average Bonchev–Trinajstić information content (AvgIpc) is 2.16. The zero-order valence-electron chi connectivity index (χ0n) is 8.55. The summed E-state index contributed by atoms with van der Waals surface area (Å²) in [7, 11) is 0. The summed E-state index contributed by atoms with van der Waals surface area (Å²) in [4.78, 5) is 20.7. The van der Waals surface area contributed by atoms with Gasteiger partial charge in [0.25, 0.3) is 0 Å². The Morgan fingerprint density at radius 3 is 2.50 bits per heavy atom. The molecule has 0 N–H and O–H groups in total. The van der Waals surface area contributed by atoms with Gasteiger partial charge in [-0.1, -0.05) is 23.7 Å². The fourth-order valence-electron chi connectivity index (χ4n) is 1.22. The molecule has 0 saturated heterocycles. The molecule has 0 radical (unpaired) electrons. The van der Waals surface area contributed by atoms with Crippen LogP contribution in [0.5, 0.6) is 0 Å². The normalized spacial score (nSPS) is 11.9. The average molecular weight is 244 g/mol. The van der Waals surface area contributed by atoms with E-state index in [2.05, 4.69) is 0 Å². The summed E-state index contributed by atoms with van der Waals surface area (Å²) in [6, 6.07) is 6.37. The van der Waals surface area contributed by atoms with Crippen LogP contribution in [0.4, 0.5) is 0 Å². The second-order valence-corrected chi connectivity index (χ2v) is 3.60. The predicted molar refractivity (Wildman–Crippen MR) is 57.8 cm³/mol. The van der Waals surface area contributed by atoms with Crippen molar-refractivity contribution in [2.45, 2.75) is 13.0 Å². The topological polar surface area (TPSA) is 69.4 Å². The van der Waals surface area contributed by atoms with Gasteiger partial charge in [-0.05, 0) is 17.7 Å². The monoisotopic (exact) mass is 243 g/mol. The van der Waals surface area contributed by atoms with Crippen LogP contribution in [0.25, 0.3) is 0 Å². The fraction of sp³-hybridized carbons (Fsp3) is 0.300. The molecule has 1 aromatic carbocycles. The van der Waals surface area contributed by atoms with Gasteiger partial charge in [0.1, 0.15) is 0 Å². The summed E-state index contributed by atoms with van der Waals surface area (Å²) >= 11 is 5.69. The lowest BCUT2D eigenvalue weighted by molar-refractivity contribution is -0.491. The number of halogens is 1. The lowest BCUT2D eigenvalue weighted by Crippen LogP contribution is -2.17. The molecule has 0 aliphatic heterocycles. The molecule has 0 aliphatic rings. The fourth-order valence-corrected chi connectivity index (χ4v) is 1.35. The lowest BCUT2D eigenvalue weighted by Gasteiger charge is -2.13. The molecule has 1 rings (SSSR count). The Morgan fingerprint density at radius 2 is 2.06 bits per heavy atom. The first-order valence-electron chi connectivity index (χ1n) is 4.53. The Labute approximate surface area is 97.1 Å². The van der Waals surface area contributed by atoms with Gasteiger partial charge in [-0.25, -0.2) is 0 Å². The minimum Gasteiger partial charge on any atom is -0.451 e. The van der Waals surface area contributed by atoms with E-state index in [-0.39, 0.29) is 0 Å². The molecule has 86 valence electrons. The van der Waals surface area contributed by atoms with Crippen LogP contribution in [0.2, 0.25) is 5.02 Å². The molecule has 0 saturated carbocycles. The number of rotatable bonds is 4. The number of carbonyl (C=O) groups excluding carboxylic acids is 1. The van der Waals surface area contributed by atoms with Crippen LogP contribution < -0.4 is 0 Å². The minimum absolute atomic E-state index is 0.457. The van der Waals surface area contributed by atoms with E-state index < -0.39 is 23.5 Å². The number of nitro groups is 1. The number of ether oxygens (including phenoxy) is 1. The molecule has 0 amide bonds. The summed E-state index contributed by atoms with van der Waals surface area (Å²) in [5.74, 6) is -0.554. The summed E-state index contributed by atoms with van der Waals surface area (Å²) in [6.45, 7) is 0.754. The third-order valence-corrected chi connectivity index (χ3v) is 2.12. The van der Waals surface area contributed by atoms with E-state index in [9.17, 15) is 14.9 Å². The Morgan fingerprint density at radius 1 is 1.50 bits per heavy atom. The van der Waals surface area contributed by atoms with Gasteiger partial charge in [-0.3, -0.25) is 14.9 Å². The van der Waals surface area contributed by atoms with Gasteiger partial charge in [0, 0.05) is 16.9 Å². The van der Waals surface area contributed by atoms with E-state index in [1.54, 1.807) is 24.3 Å². The molecule has 0 unspecified atom stereocenters. The maximum absolute atomic E-state index is 10.8. The van der Waals surface area contributed by atoms with Gasteiger partial charge in [-0.2, -0.15) is 0 Å². The first-order valence-corrected chi connectivity index (χ1v) is 4.91. The number of carbonyl (C=O) groups is 1. The van der Waals surface area contributed by atoms with E-state index in [0.717, 1.165) is 0 Å². The molecule has 0 heterocycles. The van der Waals surface area contributed by atoms with Crippen molar-refractivity contribution in [3.05, 3.63) is 45.0 Å². The highest BCUT2D eigenvalue weighted by Gasteiger charge is 2.20. The maximum Gasteiger partial charge on any atom is 0.303 e. The highest BCUT2D eigenvalue weighted by molar-refractivity contribution is 6.30. The van der Waals surface area contributed by atoms with E-state index in [1.165, 1.54) is 6.92 Å². The lowest BCUT2D eigenvalue weighted by atomic mass is 10.1. The van der Waals surface area contributed by atoms with Crippen LogP contribution in [0, 0.1) is 10.1 Å². The highest BCUT2D eigenvalue weighted by atomic mass is 35.5. The zero-order valence-corrected chi connectivity index (χ0v) is 9.31. The molecule has 1 aromatic rings.